The monoisotopic (exact) mass is 498 g/mol. The molecule has 1 unspecified atom stereocenters. The molecule has 186 valence electrons. The van der Waals surface area contributed by atoms with Crippen LogP contribution < -0.4 is 4.57 Å². The Hall–Kier alpha value is -4.24. The summed E-state index contributed by atoms with van der Waals surface area (Å²) < 4.78 is 24.3. The van der Waals surface area contributed by atoms with Gasteiger partial charge in [0.25, 0.3) is 0 Å². The highest BCUT2D eigenvalue weighted by atomic mass is 19.1. The van der Waals surface area contributed by atoms with Crippen LogP contribution >= 0.6 is 0 Å². The Morgan fingerprint density at radius 2 is 1.55 bits per heavy atom. The molecular formula is C35H29FNO+. The van der Waals surface area contributed by atoms with E-state index < -0.39 is 0 Å². The molecule has 0 aliphatic heterocycles. The molecule has 0 saturated heterocycles. The van der Waals surface area contributed by atoms with Crippen LogP contribution in [0.15, 0.2) is 102 Å². The zero-order valence-electron chi connectivity index (χ0n) is 21.7. The molecule has 1 aliphatic rings. The lowest BCUT2D eigenvalue weighted by atomic mass is 9.79. The van der Waals surface area contributed by atoms with E-state index in [2.05, 4.69) is 72.2 Å². The van der Waals surface area contributed by atoms with Gasteiger partial charge in [0.15, 0.2) is 6.20 Å². The highest BCUT2D eigenvalue weighted by Crippen LogP contribution is 2.42. The number of hydrogen-bond donors (Lipinski definition) is 0. The van der Waals surface area contributed by atoms with E-state index in [1.54, 1.807) is 6.07 Å². The minimum Gasteiger partial charge on any atom is -0.454 e. The van der Waals surface area contributed by atoms with Crippen molar-refractivity contribution in [3.05, 3.63) is 125 Å². The van der Waals surface area contributed by atoms with Gasteiger partial charge in [0.1, 0.15) is 24.0 Å². The Morgan fingerprint density at radius 1 is 0.789 bits per heavy atom. The van der Waals surface area contributed by atoms with Crippen LogP contribution in [0.2, 0.25) is 0 Å². The fourth-order valence-electron chi connectivity index (χ4n) is 6.28. The van der Waals surface area contributed by atoms with Gasteiger partial charge in [-0.2, -0.15) is 0 Å². The number of nitrogens with zero attached hydrogens (tertiary/aromatic N) is 1. The number of hydrogen-bond acceptors (Lipinski definition) is 1. The van der Waals surface area contributed by atoms with Crippen LogP contribution in [0.5, 0.6) is 0 Å². The highest BCUT2D eigenvalue weighted by Gasteiger charge is 2.24. The van der Waals surface area contributed by atoms with Crippen LogP contribution in [0.1, 0.15) is 34.6 Å². The number of halogens is 1. The Morgan fingerprint density at radius 3 is 2.39 bits per heavy atom. The Bertz CT molecular complexity index is 1850. The average Bonchev–Trinajstić information content (AvgIpc) is 3.31. The molecule has 6 aromatic rings. The summed E-state index contributed by atoms with van der Waals surface area (Å²) in [5, 5.41) is 1.94. The molecule has 4 aromatic carbocycles. The molecule has 2 nitrogen and oxygen atoms in total. The molecule has 7 rings (SSSR count). The third-order valence-corrected chi connectivity index (χ3v) is 8.27. The molecule has 38 heavy (non-hydrogen) atoms. The second kappa shape index (κ2) is 8.95. The van der Waals surface area contributed by atoms with Gasteiger partial charge in [-0.25, -0.2) is 8.96 Å². The van der Waals surface area contributed by atoms with E-state index in [1.807, 2.05) is 37.5 Å². The van der Waals surface area contributed by atoms with Gasteiger partial charge < -0.3 is 4.42 Å². The first-order valence-corrected chi connectivity index (χ1v) is 13.3. The maximum Gasteiger partial charge on any atom is 0.216 e. The lowest BCUT2D eigenvalue weighted by molar-refractivity contribution is -0.660. The van der Waals surface area contributed by atoms with Crippen molar-refractivity contribution in [2.75, 3.05) is 0 Å². The van der Waals surface area contributed by atoms with Crippen LogP contribution in [0.25, 0.3) is 44.3 Å². The molecule has 0 bridgehead atoms. The average molecular weight is 499 g/mol. The molecule has 0 amide bonds. The Balaban J connectivity index is 1.39. The molecule has 0 spiro atoms. The smallest absolute Gasteiger partial charge is 0.216 e. The first-order chi connectivity index (χ1) is 18.6. The minimum atomic E-state index is -0.258. The third-order valence-electron chi connectivity index (χ3n) is 8.27. The van der Waals surface area contributed by atoms with Gasteiger partial charge >= 0.3 is 0 Å². The number of pyridine rings is 1. The van der Waals surface area contributed by atoms with Gasteiger partial charge in [-0.1, -0.05) is 60.7 Å². The van der Waals surface area contributed by atoms with E-state index in [0.717, 1.165) is 58.0 Å². The largest absolute Gasteiger partial charge is 0.454 e. The van der Waals surface area contributed by atoms with E-state index in [-0.39, 0.29) is 5.82 Å². The molecule has 2 aromatic heterocycles. The number of aromatic nitrogens is 1. The maximum absolute atomic E-state index is 15.6. The summed E-state index contributed by atoms with van der Waals surface area (Å²) in [7, 11) is 2.04. The van der Waals surface area contributed by atoms with Crippen LogP contribution in [-0.2, 0) is 19.9 Å². The first-order valence-electron chi connectivity index (χ1n) is 13.3. The molecule has 0 fully saturated rings. The maximum atomic E-state index is 15.6. The van der Waals surface area contributed by atoms with Gasteiger partial charge in [-0.3, -0.25) is 0 Å². The lowest BCUT2D eigenvalue weighted by Crippen LogP contribution is -2.30. The van der Waals surface area contributed by atoms with Crippen molar-refractivity contribution >= 4 is 21.9 Å². The number of aryl methyl sites for hydroxylation is 3. The number of benzene rings is 4. The number of furan rings is 1. The summed E-state index contributed by atoms with van der Waals surface area (Å²) in [6.07, 6.45) is 5.25. The van der Waals surface area contributed by atoms with E-state index in [4.69, 9.17) is 4.42 Å². The van der Waals surface area contributed by atoms with E-state index in [1.165, 1.54) is 16.7 Å². The van der Waals surface area contributed by atoms with Gasteiger partial charge in [-0.05, 0) is 78.1 Å². The number of fused-ring (bicyclic) bond motifs is 4. The van der Waals surface area contributed by atoms with Gasteiger partial charge in [0, 0.05) is 22.9 Å². The van der Waals surface area contributed by atoms with Gasteiger partial charge in [0.2, 0.25) is 5.69 Å². The fraction of sp³-hybridized carbons (Fsp3) is 0.171. The van der Waals surface area contributed by atoms with Crippen molar-refractivity contribution in [1.29, 1.82) is 0 Å². The normalized spacial score (nSPS) is 15.2. The molecule has 0 saturated carbocycles. The van der Waals surface area contributed by atoms with Crippen LogP contribution in [0.4, 0.5) is 4.39 Å². The predicted octanol–water partition coefficient (Wildman–Crippen LogP) is 8.46. The Kier molecular flexibility index (Phi) is 5.40. The lowest BCUT2D eigenvalue weighted by Gasteiger charge is -2.25. The zero-order chi connectivity index (χ0) is 25.8. The molecule has 0 radical (unpaired) electrons. The quantitative estimate of drug-likeness (QED) is 0.224. The van der Waals surface area contributed by atoms with E-state index >= 15 is 4.39 Å². The SMILES string of the molecule is Cc1ccc2c(oc3c(-c4cccc(C5CCc6ccccc6C5)c4)c(F)ccc32)c1-c1cccc[n+]1C. The molecule has 3 heteroatoms. The summed E-state index contributed by atoms with van der Waals surface area (Å²) in [5.41, 5.74) is 10.2. The van der Waals surface area contributed by atoms with E-state index in [0.29, 0.717) is 17.1 Å². The molecule has 1 aliphatic carbocycles. The summed E-state index contributed by atoms with van der Waals surface area (Å²) in [4.78, 5) is 0. The van der Waals surface area contributed by atoms with Crippen molar-refractivity contribution in [3.8, 4) is 22.4 Å². The van der Waals surface area contributed by atoms with Crippen LogP contribution in [0, 0.1) is 12.7 Å². The second-order valence-electron chi connectivity index (χ2n) is 10.6. The van der Waals surface area contributed by atoms with Crippen molar-refractivity contribution < 1.29 is 13.4 Å². The third kappa shape index (κ3) is 3.65. The highest BCUT2D eigenvalue weighted by molar-refractivity contribution is 6.13. The Labute approximate surface area is 222 Å². The van der Waals surface area contributed by atoms with Crippen molar-refractivity contribution in [2.45, 2.75) is 32.1 Å². The standard InChI is InChI=1S/C35H29FNO/c1-22-13-16-28-29-17-18-30(36)33(35(29)38-34(28)32(22)31-12-5-6-19-37(31)2)27-11-7-10-25(21-27)26-15-14-23-8-3-4-9-24(23)20-26/h3-13,16-19,21,26H,14-15,20H2,1-2H3/q+1. The molecule has 0 N–H and O–H groups in total. The van der Waals surface area contributed by atoms with E-state index in [9.17, 15) is 0 Å². The van der Waals surface area contributed by atoms with Crippen molar-refractivity contribution in [2.24, 2.45) is 7.05 Å². The minimum absolute atomic E-state index is 0.258. The van der Waals surface area contributed by atoms with Crippen molar-refractivity contribution in [3.63, 3.8) is 0 Å². The topological polar surface area (TPSA) is 17.0 Å². The number of rotatable bonds is 3. The van der Waals surface area contributed by atoms with Gasteiger partial charge in [0.05, 0.1) is 11.1 Å². The van der Waals surface area contributed by atoms with Gasteiger partial charge in [-0.15, -0.1) is 0 Å². The molecular weight excluding hydrogens is 469 g/mol. The molecule has 2 heterocycles. The molecule has 1 atom stereocenters. The zero-order valence-corrected chi connectivity index (χ0v) is 21.7. The predicted molar refractivity (Wildman–Crippen MR) is 152 cm³/mol. The van der Waals surface area contributed by atoms with Crippen molar-refractivity contribution in [1.82, 2.24) is 0 Å². The summed E-state index contributed by atoms with van der Waals surface area (Å²) in [6, 6.07) is 31.0. The fourth-order valence-corrected chi connectivity index (χ4v) is 6.28. The first kappa shape index (κ1) is 22.9. The summed E-state index contributed by atoms with van der Waals surface area (Å²) >= 11 is 0. The summed E-state index contributed by atoms with van der Waals surface area (Å²) in [6.45, 7) is 2.10. The second-order valence-corrected chi connectivity index (χ2v) is 10.6. The van der Waals surface area contributed by atoms with Crippen LogP contribution in [0.3, 0.4) is 0 Å². The van der Waals surface area contributed by atoms with Crippen LogP contribution in [-0.4, -0.2) is 0 Å². The summed E-state index contributed by atoms with van der Waals surface area (Å²) in [5.74, 6) is 0.168.